The van der Waals surface area contributed by atoms with E-state index in [1.807, 2.05) is 36.0 Å². The van der Waals surface area contributed by atoms with Gasteiger partial charge in [0, 0.05) is 38.7 Å². The third-order valence-electron chi connectivity index (χ3n) is 7.11. The molecule has 4 aromatic rings. The number of fused-ring (bicyclic) bond motifs is 2. The van der Waals surface area contributed by atoms with Crippen LogP contribution in [0.25, 0.3) is 21.7 Å². The molecule has 1 amide bonds. The number of nitrogen functional groups attached to an aromatic ring is 1. The van der Waals surface area contributed by atoms with Crippen LogP contribution in [0.1, 0.15) is 74.5 Å². The lowest BCUT2D eigenvalue weighted by Gasteiger charge is -2.23. The molecule has 0 spiro atoms. The number of amidine groups is 1. The van der Waals surface area contributed by atoms with Crippen LogP contribution >= 0.6 is 11.8 Å². The maximum Gasteiger partial charge on any atom is 0.268 e. The fourth-order valence-electron chi connectivity index (χ4n) is 5.36. The lowest BCUT2D eigenvalue weighted by atomic mass is 9.95. The second-order valence-electron chi connectivity index (χ2n) is 11.1. The van der Waals surface area contributed by atoms with E-state index in [1.54, 1.807) is 0 Å². The van der Waals surface area contributed by atoms with Gasteiger partial charge in [-0.15, -0.1) is 11.8 Å². The van der Waals surface area contributed by atoms with Gasteiger partial charge in [-0.2, -0.15) is 0 Å². The molecular formula is C31H36N4OS. The Morgan fingerprint density at radius 2 is 1.76 bits per heavy atom. The van der Waals surface area contributed by atoms with Crippen LogP contribution in [0.15, 0.2) is 65.6 Å². The smallest absolute Gasteiger partial charge is 0.268 e. The van der Waals surface area contributed by atoms with Crippen LogP contribution in [0.5, 0.6) is 0 Å². The number of nitrogens with one attached hydrogen (secondary N) is 2. The first-order valence-electron chi connectivity index (χ1n) is 13.2. The Morgan fingerprint density at radius 1 is 1.03 bits per heavy atom. The SMILES string of the molecule is CC(C)(C)Sc1cccc2c(Cn3c(C(=O)NC4CCCCC4)cc4ccc(C(=N)N)cc43)cccc12. The standard InChI is InChI=1S/C31H36N4OS/c1-31(2,3)37-28-14-8-12-24-22(9-7-13-25(24)28)19-35-26-18-21(29(32)33)16-15-20(26)17-27(35)30(36)34-23-10-5-4-6-11-23/h7-9,12-18,23H,4-6,10-11,19H2,1-3H3,(H3,32,33)(H,34,36). The molecule has 1 aliphatic carbocycles. The van der Waals surface area contributed by atoms with Crippen molar-refractivity contribution < 1.29 is 4.79 Å². The van der Waals surface area contributed by atoms with E-state index in [2.05, 4.69) is 67.1 Å². The molecule has 0 saturated heterocycles. The highest BCUT2D eigenvalue weighted by atomic mass is 32.2. The zero-order valence-electron chi connectivity index (χ0n) is 21.9. The molecule has 6 heteroatoms. The van der Waals surface area contributed by atoms with Gasteiger partial charge in [-0.25, -0.2) is 0 Å². The summed E-state index contributed by atoms with van der Waals surface area (Å²) in [5.41, 5.74) is 9.22. The molecule has 1 aromatic heterocycles. The third kappa shape index (κ3) is 5.54. The fourth-order valence-corrected chi connectivity index (χ4v) is 6.45. The lowest BCUT2D eigenvalue weighted by molar-refractivity contribution is 0.0919. The van der Waals surface area contributed by atoms with Crippen molar-refractivity contribution in [2.45, 2.75) is 75.1 Å². The topological polar surface area (TPSA) is 83.9 Å². The minimum atomic E-state index is -0.0308. The number of hydrogen-bond acceptors (Lipinski definition) is 3. The van der Waals surface area contributed by atoms with Crippen LogP contribution in [-0.4, -0.2) is 27.1 Å². The van der Waals surface area contributed by atoms with Crippen molar-refractivity contribution in [2.24, 2.45) is 5.73 Å². The van der Waals surface area contributed by atoms with Crippen molar-refractivity contribution in [3.8, 4) is 0 Å². The lowest BCUT2D eigenvalue weighted by Crippen LogP contribution is -2.37. The fraction of sp³-hybridized carbons (Fsp3) is 0.355. The number of rotatable bonds is 6. The van der Waals surface area contributed by atoms with Crippen molar-refractivity contribution >= 4 is 45.2 Å². The van der Waals surface area contributed by atoms with E-state index in [1.165, 1.54) is 34.9 Å². The molecule has 5 rings (SSSR count). The Morgan fingerprint density at radius 3 is 2.49 bits per heavy atom. The van der Waals surface area contributed by atoms with Gasteiger partial charge in [-0.05, 0) is 47.4 Å². The number of nitrogens with two attached hydrogens (primary N) is 1. The van der Waals surface area contributed by atoms with E-state index in [4.69, 9.17) is 11.1 Å². The van der Waals surface area contributed by atoms with E-state index in [9.17, 15) is 4.79 Å². The summed E-state index contributed by atoms with van der Waals surface area (Å²) in [4.78, 5) is 14.8. The number of benzene rings is 3. The second-order valence-corrected chi connectivity index (χ2v) is 13.0. The molecule has 0 unspecified atom stereocenters. The minimum absolute atomic E-state index is 0.0249. The quantitative estimate of drug-likeness (QED) is 0.147. The molecule has 1 saturated carbocycles. The molecule has 0 radical (unpaired) electrons. The number of hydrogen-bond donors (Lipinski definition) is 3. The summed E-state index contributed by atoms with van der Waals surface area (Å²) in [7, 11) is 0. The minimum Gasteiger partial charge on any atom is -0.384 e. The zero-order valence-corrected chi connectivity index (χ0v) is 22.8. The molecule has 1 fully saturated rings. The molecule has 37 heavy (non-hydrogen) atoms. The summed E-state index contributed by atoms with van der Waals surface area (Å²) in [6.07, 6.45) is 5.66. The van der Waals surface area contributed by atoms with E-state index >= 15 is 0 Å². The molecule has 1 heterocycles. The van der Waals surface area contributed by atoms with Gasteiger partial charge in [0.05, 0.1) is 0 Å². The van der Waals surface area contributed by atoms with E-state index in [0.29, 0.717) is 17.8 Å². The van der Waals surface area contributed by atoms with Crippen molar-refractivity contribution in [1.29, 1.82) is 5.41 Å². The molecule has 192 valence electrons. The average molecular weight is 513 g/mol. The summed E-state index contributed by atoms with van der Waals surface area (Å²) in [6, 6.07) is 20.9. The zero-order chi connectivity index (χ0) is 26.2. The van der Waals surface area contributed by atoms with Crippen LogP contribution in [0, 0.1) is 5.41 Å². The van der Waals surface area contributed by atoms with Gasteiger partial charge in [0.25, 0.3) is 5.91 Å². The number of nitrogens with zero attached hydrogens (tertiary/aromatic N) is 1. The first-order chi connectivity index (χ1) is 17.7. The molecule has 4 N–H and O–H groups in total. The number of amides is 1. The molecular weight excluding hydrogens is 476 g/mol. The Bertz CT molecular complexity index is 1470. The van der Waals surface area contributed by atoms with Crippen LogP contribution < -0.4 is 11.1 Å². The Kier molecular flexibility index (Phi) is 7.04. The summed E-state index contributed by atoms with van der Waals surface area (Å²) < 4.78 is 2.20. The third-order valence-corrected chi connectivity index (χ3v) is 8.29. The summed E-state index contributed by atoms with van der Waals surface area (Å²) in [5, 5.41) is 14.7. The van der Waals surface area contributed by atoms with E-state index in [0.717, 1.165) is 29.3 Å². The summed E-state index contributed by atoms with van der Waals surface area (Å²) in [6.45, 7) is 7.25. The Balaban J connectivity index is 1.60. The highest BCUT2D eigenvalue weighted by Crippen LogP contribution is 2.37. The number of carbonyl (C=O) groups excluding carboxylic acids is 1. The highest BCUT2D eigenvalue weighted by Gasteiger charge is 2.22. The van der Waals surface area contributed by atoms with Gasteiger partial charge in [-0.3, -0.25) is 10.2 Å². The summed E-state index contributed by atoms with van der Waals surface area (Å²) >= 11 is 1.87. The maximum atomic E-state index is 13.6. The van der Waals surface area contributed by atoms with Crippen LogP contribution in [-0.2, 0) is 6.54 Å². The number of aromatic nitrogens is 1. The monoisotopic (exact) mass is 512 g/mol. The van der Waals surface area contributed by atoms with Crippen LogP contribution in [0.2, 0.25) is 0 Å². The van der Waals surface area contributed by atoms with Gasteiger partial charge in [0.1, 0.15) is 11.5 Å². The first kappa shape index (κ1) is 25.4. The number of thioether (sulfide) groups is 1. The van der Waals surface area contributed by atoms with Crippen molar-refractivity contribution in [2.75, 3.05) is 0 Å². The second kappa shape index (κ2) is 10.3. The molecule has 0 aliphatic heterocycles. The molecule has 0 atom stereocenters. The first-order valence-corrected chi connectivity index (χ1v) is 14.0. The van der Waals surface area contributed by atoms with Crippen molar-refractivity contribution in [3.05, 3.63) is 77.5 Å². The predicted octanol–water partition coefficient (Wildman–Crippen LogP) is 7.08. The molecule has 3 aromatic carbocycles. The van der Waals surface area contributed by atoms with Crippen LogP contribution in [0.4, 0.5) is 0 Å². The Labute approximate surface area is 223 Å². The highest BCUT2D eigenvalue weighted by molar-refractivity contribution is 8.00. The maximum absolute atomic E-state index is 13.6. The van der Waals surface area contributed by atoms with Gasteiger partial charge < -0.3 is 15.6 Å². The van der Waals surface area contributed by atoms with Crippen molar-refractivity contribution in [1.82, 2.24) is 9.88 Å². The largest absolute Gasteiger partial charge is 0.384 e. The molecule has 1 aliphatic rings. The van der Waals surface area contributed by atoms with Gasteiger partial charge in [0.15, 0.2) is 0 Å². The van der Waals surface area contributed by atoms with Gasteiger partial charge >= 0.3 is 0 Å². The predicted molar refractivity (Wildman–Crippen MR) is 156 cm³/mol. The van der Waals surface area contributed by atoms with Gasteiger partial charge in [0.2, 0.25) is 0 Å². The molecule has 5 nitrogen and oxygen atoms in total. The van der Waals surface area contributed by atoms with E-state index in [-0.39, 0.29) is 22.5 Å². The van der Waals surface area contributed by atoms with Gasteiger partial charge in [-0.1, -0.05) is 82.5 Å². The normalized spacial score (nSPS) is 14.8. The van der Waals surface area contributed by atoms with Crippen LogP contribution in [0.3, 0.4) is 0 Å². The van der Waals surface area contributed by atoms with E-state index < -0.39 is 0 Å². The van der Waals surface area contributed by atoms with Crippen molar-refractivity contribution in [3.63, 3.8) is 0 Å². The average Bonchev–Trinajstić information content (AvgIpc) is 3.22. The number of carbonyl (C=O) groups is 1. The summed E-state index contributed by atoms with van der Waals surface area (Å²) in [5.74, 6) is -0.00597. The Hall–Kier alpha value is -3.25. The molecule has 0 bridgehead atoms.